The molecule has 3 amide bonds. The molecule has 0 bridgehead atoms. The maximum Gasteiger partial charge on any atom is 0.417 e. The summed E-state index contributed by atoms with van der Waals surface area (Å²) in [6.07, 6.45) is -3.39. The lowest BCUT2D eigenvalue weighted by Gasteiger charge is -2.28. The van der Waals surface area contributed by atoms with Gasteiger partial charge < -0.3 is 19.3 Å². The number of carbonyl (C=O) groups excluding carboxylic acids is 3. The molecule has 4 rings (SSSR count). The third-order valence-corrected chi connectivity index (χ3v) is 6.88. The Morgan fingerprint density at radius 2 is 1.71 bits per heavy atom. The molecule has 9 heteroatoms. The largest absolute Gasteiger partial charge is 0.447 e. The van der Waals surface area contributed by atoms with Gasteiger partial charge in [0.05, 0.1) is 6.04 Å². The topological polar surface area (TPSA) is 106 Å². The molecule has 1 saturated heterocycles. The van der Waals surface area contributed by atoms with Gasteiger partial charge in [-0.05, 0) is 68.5 Å². The smallest absolute Gasteiger partial charge is 0.417 e. The molecule has 1 fully saturated rings. The van der Waals surface area contributed by atoms with E-state index in [1.54, 1.807) is 26.1 Å². The van der Waals surface area contributed by atoms with Gasteiger partial charge in [-0.1, -0.05) is 66.7 Å². The summed E-state index contributed by atoms with van der Waals surface area (Å²) in [5, 5.41) is 11.3. The van der Waals surface area contributed by atoms with Crippen molar-refractivity contribution in [1.82, 2.24) is 4.90 Å². The van der Waals surface area contributed by atoms with E-state index in [-0.39, 0.29) is 13.2 Å². The van der Waals surface area contributed by atoms with Crippen LogP contribution in [-0.4, -0.2) is 66.1 Å². The molecule has 3 aromatic rings. The van der Waals surface area contributed by atoms with Crippen LogP contribution >= 0.6 is 0 Å². The summed E-state index contributed by atoms with van der Waals surface area (Å²) < 4.78 is 16.4. The molecule has 1 N–H and O–H groups in total. The van der Waals surface area contributed by atoms with E-state index >= 15 is 0 Å². The SMILES string of the molecule is CCO[C@H](C(=O)N1C(=O)OC[C@@H]1Cc1ccccc1)[C@H](O)c1ccc(-c2cccc(N(C)C(=O)OC(C)(C)C)c2)cc1. The van der Waals surface area contributed by atoms with Crippen LogP contribution in [0, 0.1) is 0 Å². The second kappa shape index (κ2) is 13.2. The second-order valence-electron chi connectivity index (χ2n) is 11.2. The minimum atomic E-state index is -1.32. The third kappa shape index (κ3) is 7.35. The van der Waals surface area contributed by atoms with E-state index < -0.39 is 41.9 Å². The number of hydrogen-bond acceptors (Lipinski definition) is 7. The van der Waals surface area contributed by atoms with Crippen LogP contribution in [0.15, 0.2) is 78.9 Å². The molecule has 0 unspecified atom stereocenters. The fraction of sp³-hybridized carbons (Fsp3) is 0.364. The molecule has 1 aliphatic rings. The number of carbonyl (C=O) groups is 3. The number of hydrogen-bond donors (Lipinski definition) is 1. The second-order valence-corrected chi connectivity index (χ2v) is 11.2. The summed E-state index contributed by atoms with van der Waals surface area (Å²) in [5.41, 5.74) is 3.16. The van der Waals surface area contributed by atoms with Crippen molar-refractivity contribution in [3.63, 3.8) is 0 Å². The molecule has 0 aromatic heterocycles. The van der Waals surface area contributed by atoms with E-state index in [1.165, 1.54) is 4.90 Å². The molecule has 0 saturated carbocycles. The maximum absolute atomic E-state index is 13.6. The van der Waals surface area contributed by atoms with Crippen LogP contribution < -0.4 is 4.90 Å². The first-order valence-corrected chi connectivity index (χ1v) is 14.0. The number of aliphatic hydroxyl groups is 1. The van der Waals surface area contributed by atoms with Crippen molar-refractivity contribution in [2.24, 2.45) is 0 Å². The predicted octanol–water partition coefficient (Wildman–Crippen LogP) is 5.75. The maximum atomic E-state index is 13.6. The van der Waals surface area contributed by atoms with Gasteiger partial charge in [-0.15, -0.1) is 0 Å². The van der Waals surface area contributed by atoms with Gasteiger partial charge in [0.2, 0.25) is 0 Å². The molecule has 222 valence electrons. The van der Waals surface area contributed by atoms with E-state index in [4.69, 9.17) is 14.2 Å². The van der Waals surface area contributed by atoms with Gasteiger partial charge in [0, 0.05) is 19.3 Å². The van der Waals surface area contributed by atoms with Crippen molar-refractivity contribution in [2.45, 2.75) is 58.0 Å². The zero-order chi connectivity index (χ0) is 30.4. The first kappa shape index (κ1) is 30.7. The number of amides is 3. The average Bonchev–Trinajstić information content (AvgIpc) is 3.34. The summed E-state index contributed by atoms with van der Waals surface area (Å²) in [4.78, 5) is 41.2. The van der Waals surface area contributed by atoms with Crippen molar-refractivity contribution in [1.29, 1.82) is 0 Å². The van der Waals surface area contributed by atoms with E-state index in [0.717, 1.165) is 21.6 Å². The fourth-order valence-corrected chi connectivity index (χ4v) is 4.76. The molecule has 0 aliphatic carbocycles. The summed E-state index contributed by atoms with van der Waals surface area (Å²) in [7, 11) is 1.65. The zero-order valence-electron chi connectivity index (χ0n) is 24.7. The number of cyclic esters (lactones) is 1. The van der Waals surface area contributed by atoms with Crippen molar-refractivity contribution < 1.29 is 33.7 Å². The van der Waals surface area contributed by atoms with Crippen LogP contribution in [0.4, 0.5) is 15.3 Å². The highest BCUT2D eigenvalue weighted by Gasteiger charge is 2.43. The molecule has 1 aliphatic heterocycles. The van der Waals surface area contributed by atoms with E-state index in [9.17, 15) is 19.5 Å². The Hall–Kier alpha value is -4.21. The van der Waals surface area contributed by atoms with Crippen LogP contribution in [0.2, 0.25) is 0 Å². The van der Waals surface area contributed by atoms with Gasteiger partial charge >= 0.3 is 12.2 Å². The Morgan fingerprint density at radius 3 is 2.36 bits per heavy atom. The molecule has 0 spiro atoms. The molecule has 3 atom stereocenters. The minimum absolute atomic E-state index is 0.0747. The Balaban J connectivity index is 1.51. The van der Waals surface area contributed by atoms with Crippen molar-refractivity contribution in [3.05, 3.63) is 90.0 Å². The van der Waals surface area contributed by atoms with Crippen LogP contribution in [0.1, 0.15) is 44.9 Å². The summed E-state index contributed by atoms with van der Waals surface area (Å²) in [6, 6.07) is 23.5. The highest BCUT2D eigenvalue weighted by molar-refractivity contribution is 5.96. The summed E-state index contributed by atoms with van der Waals surface area (Å²) >= 11 is 0. The molecule has 3 aromatic carbocycles. The van der Waals surface area contributed by atoms with E-state index in [1.807, 2.05) is 87.5 Å². The molecular weight excluding hydrogens is 536 g/mol. The van der Waals surface area contributed by atoms with Crippen molar-refractivity contribution in [2.75, 3.05) is 25.2 Å². The standard InChI is InChI=1S/C33H38N2O7/c1-6-40-29(30(37)35-27(21-41-32(35)39)19-22-11-8-7-9-12-22)28(36)24-17-15-23(16-18-24)25-13-10-14-26(20-25)34(5)31(38)42-33(2,3)4/h7-18,20,27-29,36H,6,19,21H2,1-5H3/t27-,28+,29-/m0/s1. The number of nitrogens with zero attached hydrogens (tertiary/aromatic N) is 2. The predicted molar refractivity (Wildman–Crippen MR) is 159 cm³/mol. The van der Waals surface area contributed by atoms with Crippen molar-refractivity contribution >= 4 is 23.8 Å². The molecule has 42 heavy (non-hydrogen) atoms. The third-order valence-electron chi connectivity index (χ3n) is 6.88. The number of benzene rings is 3. The molecule has 1 heterocycles. The van der Waals surface area contributed by atoms with Gasteiger partial charge in [-0.2, -0.15) is 0 Å². The zero-order valence-corrected chi connectivity index (χ0v) is 24.7. The minimum Gasteiger partial charge on any atom is -0.447 e. The first-order chi connectivity index (χ1) is 20.0. The number of ether oxygens (including phenoxy) is 3. The quantitative estimate of drug-likeness (QED) is 0.347. The highest BCUT2D eigenvalue weighted by Crippen LogP contribution is 2.29. The van der Waals surface area contributed by atoms with Gasteiger partial charge in [0.25, 0.3) is 5.91 Å². The Labute approximate surface area is 246 Å². The van der Waals surface area contributed by atoms with E-state index in [0.29, 0.717) is 17.7 Å². The van der Waals surface area contributed by atoms with Crippen LogP contribution in [-0.2, 0) is 25.4 Å². The summed E-state index contributed by atoms with van der Waals surface area (Å²) in [5.74, 6) is -0.644. The molecule has 0 radical (unpaired) electrons. The van der Waals surface area contributed by atoms with Gasteiger partial charge in [-0.25, -0.2) is 14.5 Å². The Morgan fingerprint density at radius 1 is 1.02 bits per heavy atom. The normalized spacial score (nSPS) is 16.5. The summed E-state index contributed by atoms with van der Waals surface area (Å²) in [6.45, 7) is 7.40. The monoisotopic (exact) mass is 574 g/mol. The highest BCUT2D eigenvalue weighted by atomic mass is 16.6. The van der Waals surface area contributed by atoms with Gasteiger partial charge in [0.15, 0.2) is 6.10 Å². The number of rotatable bonds is 9. The Bertz CT molecular complexity index is 1390. The molecule has 9 nitrogen and oxygen atoms in total. The number of aliphatic hydroxyl groups excluding tert-OH is 1. The lowest BCUT2D eigenvalue weighted by Crippen LogP contribution is -2.48. The van der Waals surface area contributed by atoms with Crippen LogP contribution in [0.25, 0.3) is 11.1 Å². The lowest BCUT2D eigenvalue weighted by molar-refractivity contribution is -0.149. The number of imide groups is 1. The first-order valence-electron chi connectivity index (χ1n) is 14.0. The average molecular weight is 575 g/mol. The molecular formula is C33H38N2O7. The Kier molecular flexibility index (Phi) is 9.65. The van der Waals surface area contributed by atoms with Crippen LogP contribution in [0.3, 0.4) is 0 Å². The number of anilines is 1. The van der Waals surface area contributed by atoms with Crippen LogP contribution in [0.5, 0.6) is 0 Å². The van der Waals surface area contributed by atoms with Crippen molar-refractivity contribution in [3.8, 4) is 11.1 Å². The lowest BCUT2D eigenvalue weighted by atomic mass is 9.98. The van der Waals surface area contributed by atoms with Gasteiger partial charge in [-0.3, -0.25) is 9.69 Å². The fourth-order valence-electron chi connectivity index (χ4n) is 4.76. The van der Waals surface area contributed by atoms with E-state index in [2.05, 4.69) is 0 Å². The van der Waals surface area contributed by atoms with Gasteiger partial charge in [0.1, 0.15) is 18.3 Å².